The van der Waals surface area contributed by atoms with Crippen LogP contribution in [0.1, 0.15) is 45.6 Å². The minimum absolute atomic E-state index is 0.0166. The summed E-state index contributed by atoms with van der Waals surface area (Å²) in [6.07, 6.45) is 2.77. The Morgan fingerprint density at radius 3 is 2.37 bits per heavy atom. The predicted octanol–water partition coefficient (Wildman–Crippen LogP) is 3.05. The van der Waals surface area contributed by atoms with E-state index in [4.69, 9.17) is 5.73 Å². The highest BCUT2D eigenvalue weighted by atomic mass is 16.1. The SMILES string of the molecule is CC(C)(C)c1ccc(NC(=O)CC(N)C2CC2)cc1. The number of carbonyl (C=O) groups is 1. The molecular formula is C16H24N2O. The van der Waals surface area contributed by atoms with Crippen LogP contribution in [0, 0.1) is 5.92 Å². The van der Waals surface area contributed by atoms with E-state index in [2.05, 4.69) is 38.2 Å². The Hall–Kier alpha value is -1.35. The number of nitrogens with two attached hydrogens (primary N) is 1. The van der Waals surface area contributed by atoms with E-state index in [1.807, 2.05) is 12.1 Å². The Labute approximate surface area is 115 Å². The van der Waals surface area contributed by atoms with Gasteiger partial charge in [-0.1, -0.05) is 32.9 Å². The maximum atomic E-state index is 11.8. The molecule has 0 bridgehead atoms. The maximum absolute atomic E-state index is 11.8. The molecule has 19 heavy (non-hydrogen) atoms. The van der Waals surface area contributed by atoms with Gasteiger partial charge in [0.25, 0.3) is 0 Å². The fourth-order valence-corrected chi connectivity index (χ4v) is 2.17. The summed E-state index contributed by atoms with van der Waals surface area (Å²) in [5.74, 6) is 0.580. The van der Waals surface area contributed by atoms with Crippen LogP contribution >= 0.6 is 0 Å². The Bertz CT molecular complexity index is 441. The Balaban J connectivity index is 1.90. The molecule has 1 aliphatic carbocycles. The average molecular weight is 260 g/mol. The highest BCUT2D eigenvalue weighted by molar-refractivity contribution is 5.91. The molecule has 1 saturated carbocycles. The van der Waals surface area contributed by atoms with Gasteiger partial charge in [0.1, 0.15) is 0 Å². The molecule has 1 aromatic carbocycles. The number of carbonyl (C=O) groups excluding carboxylic acids is 1. The zero-order valence-corrected chi connectivity index (χ0v) is 12.1. The van der Waals surface area contributed by atoms with Crippen molar-refractivity contribution in [2.24, 2.45) is 11.7 Å². The Morgan fingerprint density at radius 2 is 1.89 bits per heavy atom. The molecule has 1 fully saturated rings. The molecule has 3 heteroatoms. The van der Waals surface area contributed by atoms with E-state index in [1.165, 1.54) is 18.4 Å². The molecule has 0 spiro atoms. The summed E-state index contributed by atoms with van der Waals surface area (Å²) in [4.78, 5) is 11.8. The number of anilines is 1. The molecule has 1 aliphatic rings. The van der Waals surface area contributed by atoms with E-state index >= 15 is 0 Å². The summed E-state index contributed by atoms with van der Waals surface area (Å²) in [7, 11) is 0. The highest BCUT2D eigenvalue weighted by Gasteiger charge is 2.29. The quantitative estimate of drug-likeness (QED) is 0.874. The van der Waals surface area contributed by atoms with E-state index in [0.29, 0.717) is 12.3 Å². The fourth-order valence-electron chi connectivity index (χ4n) is 2.17. The molecule has 1 amide bonds. The fraction of sp³-hybridized carbons (Fsp3) is 0.562. The van der Waals surface area contributed by atoms with Crippen LogP contribution < -0.4 is 11.1 Å². The van der Waals surface area contributed by atoms with E-state index in [1.54, 1.807) is 0 Å². The molecule has 1 aromatic rings. The van der Waals surface area contributed by atoms with Crippen LogP contribution in [0.4, 0.5) is 5.69 Å². The monoisotopic (exact) mass is 260 g/mol. The number of rotatable bonds is 4. The lowest BCUT2D eigenvalue weighted by atomic mass is 9.87. The standard InChI is InChI=1S/C16H24N2O/c1-16(2,3)12-6-8-13(9-7-12)18-15(19)10-14(17)11-4-5-11/h6-9,11,14H,4-5,10,17H2,1-3H3,(H,18,19). The molecule has 3 nitrogen and oxygen atoms in total. The highest BCUT2D eigenvalue weighted by Crippen LogP contribution is 2.32. The first-order chi connectivity index (χ1) is 8.86. The van der Waals surface area contributed by atoms with Gasteiger partial charge in [-0.05, 0) is 41.9 Å². The van der Waals surface area contributed by atoms with Crippen molar-refractivity contribution in [2.45, 2.75) is 51.5 Å². The van der Waals surface area contributed by atoms with E-state index < -0.39 is 0 Å². The molecule has 104 valence electrons. The summed E-state index contributed by atoms with van der Waals surface area (Å²) in [5, 5.41) is 2.92. The van der Waals surface area contributed by atoms with Gasteiger partial charge >= 0.3 is 0 Å². The first-order valence-corrected chi connectivity index (χ1v) is 7.02. The Morgan fingerprint density at radius 1 is 1.32 bits per heavy atom. The third-order valence-corrected chi connectivity index (χ3v) is 3.68. The number of hydrogen-bond donors (Lipinski definition) is 2. The van der Waals surface area contributed by atoms with E-state index in [0.717, 1.165) is 5.69 Å². The summed E-state index contributed by atoms with van der Waals surface area (Å²) >= 11 is 0. The number of nitrogens with one attached hydrogen (secondary N) is 1. The zero-order valence-electron chi connectivity index (χ0n) is 12.1. The van der Waals surface area contributed by atoms with Gasteiger partial charge in [0.15, 0.2) is 0 Å². The third kappa shape index (κ3) is 4.06. The van der Waals surface area contributed by atoms with Crippen molar-refractivity contribution in [1.82, 2.24) is 0 Å². The first kappa shape index (κ1) is 14.1. The van der Waals surface area contributed by atoms with Gasteiger partial charge in [-0.2, -0.15) is 0 Å². The lowest BCUT2D eigenvalue weighted by Crippen LogP contribution is -2.28. The minimum Gasteiger partial charge on any atom is -0.327 e. The van der Waals surface area contributed by atoms with Gasteiger partial charge in [0.2, 0.25) is 5.91 Å². The molecule has 0 heterocycles. The normalized spacial score (nSPS) is 17.1. The van der Waals surface area contributed by atoms with Crippen molar-refractivity contribution in [3.63, 3.8) is 0 Å². The lowest BCUT2D eigenvalue weighted by Gasteiger charge is -2.19. The van der Waals surface area contributed by atoms with Gasteiger partial charge in [-0.3, -0.25) is 4.79 Å². The van der Waals surface area contributed by atoms with Crippen molar-refractivity contribution in [3.05, 3.63) is 29.8 Å². The maximum Gasteiger partial charge on any atom is 0.225 e. The molecule has 1 atom stereocenters. The van der Waals surface area contributed by atoms with Gasteiger partial charge < -0.3 is 11.1 Å². The average Bonchev–Trinajstić information content (AvgIpc) is 3.11. The van der Waals surface area contributed by atoms with Crippen molar-refractivity contribution in [1.29, 1.82) is 0 Å². The second-order valence-corrected chi connectivity index (χ2v) is 6.58. The number of amides is 1. The van der Waals surface area contributed by atoms with Crippen LogP contribution in [-0.4, -0.2) is 11.9 Å². The summed E-state index contributed by atoms with van der Waals surface area (Å²) in [5.41, 5.74) is 8.20. The van der Waals surface area contributed by atoms with Crippen LogP contribution in [-0.2, 0) is 10.2 Å². The molecule has 2 rings (SSSR count). The molecular weight excluding hydrogens is 236 g/mol. The van der Waals surface area contributed by atoms with Crippen LogP contribution in [0.3, 0.4) is 0 Å². The van der Waals surface area contributed by atoms with Gasteiger partial charge in [-0.25, -0.2) is 0 Å². The largest absolute Gasteiger partial charge is 0.327 e. The van der Waals surface area contributed by atoms with Crippen molar-refractivity contribution in [3.8, 4) is 0 Å². The summed E-state index contributed by atoms with van der Waals surface area (Å²) < 4.78 is 0. The van der Waals surface area contributed by atoms with E-state index in [-0.39, 0.29) is 17.4 Å². The lowest BCUT2D eigenvalue weighted by molar-refractivity contribution is -0.116. The topological polar surface area (TPSA) is 55.1 Å². The summed E-state index contributed by atoms with van der Waals surface area (Å²) in [6.45, 7) is 6.53. The molecule has 0 aliphatic heterocycles. The molecule has 0 radical (unpaired) electrons. The second-order valence-electron chi connectivity index (χ2n) is 6.58. The van der Waals surface area contributed by atoms with Crippen molar-refractivity contribution in [2.75, 3.05) is 5.32 Å². The van der Waals surface area contributed by atoms with Crippen LogP contribution in [0.2, 0.25) is 0 Å². The summed E-state index contributed by atoms with van der Waals surface area (Å²) in [6, 6.07) is 8.07. The molecule has 0 saturated heterocycles. The van der Waals surface area contributed by atoms with Crippen LogP contribution in [0.15, 0.2) is 24.3 Å². The smallest absolute Gasteiger partial charge is 0.225 e. The number of benzene rings is 1. The molecule has 1 unspecified atom stereocenters. The van der Waals surface area contributed by atoms with Crippen LogP contribution in [0.5, 0.6) is 0 Å². The van der Waals surface area contributed by atoms with Crippen LogP contribution in [0.25, 0.3) is 0 Å². The van der Waals surface area contributed by atoms with Crippen molar-refractivity contribution < 1.29 is 4.79 Å². The van der Waals surface area contributed by atoms with Gasteiger partial charge in [0.05, 0.1) is 0 Å². The van der Waals surface area contributed by atoms with Crippen molar-refractivity contribution >= 4 is 11.6 Å². The third-order valence-electron chi connectivity index (χ3n) is 3.68. The minimum atomic E-state index is 0.0166. The predicted molar refractivity (Wildman–Crippen MR) is 79.1 cm³/mol. The number of hydrogen-bond acceptors (Lipinski definition) is 2. The Kier molecular flexibility index (Phi) is 3.95. The molecule has 0 aromatic heterocycles. The van der Waals surface area contributed by atoms with E-state index in [9.17, 15) is 4.79 Å². The van der Waals surface area contributed by atoms with Gasteiger partial charge in [0, 0.05) is 18.2 Å². The second kappa shape index (κ2) is 5.33. The zero-order chi connectivity index (χ0) is 14.0. The molecule has 3 N–H and O–H groups in total. The first-order valence-electron chi connectivity index (χ1n) is 7.02. The van der Waals surface area contributed by atoms with Gasteiger partial charge in [-0.15, -0.1) is 0 Å².